The third kappa shape index (κ3) is 4.05. The van der Waals surface area contributed by atoms with E-state index in [1.54, 1.807) is 6.07 Å². The second kappa shape index (κ2) is 6.58. The zero-order chi connectivity index (χ0) is 14.7. The van der Waals surface area contributed by atoms with E-state index >= 15 is 0 Å². The Labute approximate surface area is 132 Å². The molecule has 1 aliphatic rings. The topological polar surface area (TPSA) is 21.3 Å². The van der Waals surface area contributed by atoms with Crippen LogP contribution in [-0.4, -0.2) is 12.6 Å². The van der Waals surface area contributed by atoms with Gasteiger partial charge in [0, 0.05) is 18.7 Å². The molecule has 0 radical (unpaired) electrons. The van der Waals surface area contributed by atoms with Gasteiger partial charge in [-0.25, -0.2) is 4.39 Å². The van der Waals surface area contributed by atoms with Gasteiger partial charge in [-0.05, 0) is 46.5 Å². The van der Waals surface area contributed by atoms with Crippen LogP contribution in [-0.2, 0) is 0 Å². The Morgan fingerprint density at radius 1 is 1.19 bits per heavy atom. The molecule has 1 aliphatic carbocycles. The van der Waals surface area contributed by atoms with Gasteiger partial charge in [0.25, 0.3) is 0 Å². The minimum atomic E-state index is -0.296. The van der Waals surface area contributed by atoms with Crippen LogP contribution in [0.5, 0.6) is 5.75 Å². The van der Waals surface area contributed by atoms with Crippen LogP contribution in [0.4, 0.5) is 4.39 Å². The fourth-order valence-electron chi connectivity index (χ4n) is 2.18. The van der Waals surface area contributed by atoms with E-state index in [9.17, 15) is 4.39 Å². The lowest BCUT2D eigenvalue weighted by atomic mass is 10.1. The Balaban J connectivity index is 1.78. The van der Waals surface area contributed by atoms with Crippen LogP contribution in [0.15, 0.2) is 53.0 Å². The highest BCUT2D eigenvalue weighted by Crippen LogP contribution is 2.30. The molecule has 2 aromatic carbocycles. The van der Waals surface area contributed by atoms with Crippen molar-refractivity contribution in [2.24, 2.45) is 0 Å². The molecule has 0 heterocycles. The van der Waals surface area contributed by atoms with Crippen molar-refractivity contribution < 1.29 is 9.13 Å². The minimum absolute atomic E-state index is 0.134. The van der Waals surface area contributed by atoms with Gasteiger partial charge < -0.3 is 10.1 Å². The molecular formula is C17H17BrFNO. The van der Waals surface area contributed by atoms with Gasteiger partial charge >= 0.3 is 0 Å². The van der Waals surface area contributed by atoms with E-state index in [-0.39, 0.29) is 11.9 Å². The summed E-state index contributed by atoms with van der Waals surface area (Å²) < 4.78 is 20.2. The third-order valence-corrected chi connectivity index (χ3v) is 4.16. The maximum absolute atomic E-state index is 13.4. The second-order valence-corrected chi connectivity index (χ2v) is 6.13. The first kappa shape index (κ1) is 14.5. The maximum atomic E-state index is 13.4. The Hall–Kier alpha value is -1.39. The van der Waals surface area contributed by atoms with Crippen LogP contribution in [0.1, 0.15) is 24.5 Å². The van der Waals surface area contributed by atoms with Crippen molar-refractivity contribution in [3.8, 4) is 5.75 Å². The van der Waals surface area contributed by atoms with Gasteiger partial charge in [-0.3, -0.25) is 0 Å². The monoisotopic (exact) mass is 349 g/mol. The molecule has 4 heteroatoms. The Bertz CT molecular complexity index is 601. The van der Waals surface area contributed by atoms with Gasteiger partial charge in [-0.1, -0.05) is 30.3 Å². The first-order chi connectivity index (χ1) is 10.2. The zero-order valence-corrected chi connectivity index (χ0v) is 13.1. The highest BCUT2D eigenvalue weighted by Gasteiger charge is 2.23. The second-order valence-electron chi connectivity index (χ2n) is 5.27. The largest absolute Gasteiger partial charge is 0.483 e. The van der Waals surface area contributed by atoms with Crippen LogP contribution in [0.3, 0.4) is 0 Å². The molecule has 1 atom stereocenters. The van der Waals surface area contributed by atoms with Crippen LogP contribution in [0.25, 0.3) is 0 Å². The smallest absolute Gasteiger partial charge is 0.137 e. The first-order valence-corrected chi connectivity index (χ1v) is 7.92. The summed E-state index contributed by atoms with van der Waals surface area (Å²) in [4.78, 5) is 0. The number of nitrogens with one attached hydrogen (secondary N) is 1. The van der Waals surface area contributed by atoms with E-state index < -0.39 is 0 Å². The summed E-state index contributed by atoms with van der Waals surface area (Å²) in [5, 5.41) is 3.48. The molecule has 110 valence electrons. The molecule has 0 spiro atoms. The van der Waals surface area contributed by atoms with E-state index in [4.69, 9.17) is 4.74 Å². The first-order valence-electron chi connectivity index (χ1n) is 7.12. The SMILES string of the molecule is Fc1ccc(Br)c(OC(CNC2CC2)c2ccccc2)c1. The molecule has 0 aliphatic heterocycles. The van der Waals surface area contributed by atoms with Crippen molar-refractivity contribution in [2.75, 3.05) is 6.54 Å². The van der Waals surface area contributed by atoms with Crippen molar-refractivity contribution in [2.45, 2.75) is 25.0 Å². The predicted molar refractivity (Wildman–Crippen MR) is 84.9 cm³/mol. The highest BCUT2D eigenvalue weighted by molar-refractivity contribution is 9.10. The quantitative estimate of drug-likeness (QED) is 0.831. The van der Waals surface area contributed by atoms with E-state index in [1.165, 1.54) is 25.0 Å². The number of benzene rings is 2. The normalized spacial score (nSPS) is 15.7. The molecule has 0 amide bonds. The van der Waals surface area contributed by atoms with Gasteiger partial charge in [0.1, 0.15) is 17.7 Å². The third-order valence-electron chi connectivity index (χ3n) is 3.50. The molecular weight excluding hydrogens is 333 g/mol. The van der Waals surface area contributed by atoms with Gasteiger partial charge in [-0.15, -0.1) is 0 Å². The van der Waals surface area contributed by atoms with Gasteiger partial charge in [0.05, 0.1) is 4.47 Å². The van der Waals surface area contributed by atoms with Gasteiger partial charge in [-0.2, -0.15) is 0 Å². The van der Waals surface area contributed by atoms with Crippen molar-refractivity contribution in [3.05, 3.63) is 64.4 Å². The summed E-state index contributed by atoms with van der Waals surface area (Å²) in [6.07, 6.45) is 2.32. The molecule has 0 aromatic heterocycles. The van der Waals surface area contributed by atoms with Crippen molar-refractivity contribution in [3.63, 3.8) is 0 Å². The van der Waals surface area contributed by atoms with Crippen LogP contribution >= 0.6 is 15.9 Å². The Kier molecular flexibility index (Phi) is 4.56. The van der Waals surface area contributed by atoms with Crippen LogP contribution < -0.4 is 10.1 Å². The standard InChI is InChI=1S/C17H17BrFNO/c18-15-9-6-13(19)10-16(15)21-17(11-20-14-7-8-14)12-4-2-1-3-5-12/h1-6,9-10,14,17,20H,7-8,11H2. The van der Waals surface area contributed by atoms with Gasteiger partial charge in [0.15, 0.2) is 0 Å². The molecule has 1 unspecified atom stereocenters. The van der Waals surface area contributed by atoms with E-state index in [0.717, 1.165) is 16.6 Å². The molecule has 1 N–H and O–H groups in total. The van der Waals surface area contributed by atoms with Crippen LogP contribution in [0, 0.1) is 5.82 Å². The molecule has 0 bridgehead atoms. The lowest BCUT2D eigenvalue weighted by molar-refractivity contribution is 0.199. The van der Waals surface area contributed by atoms with E-state index in [2.05, 4.69) is 21.2 Å². The molecule has 2 aromatic rings. The summed E-state index contributed by atoms with van der Waals surface area (Å²) in [5.74, 6) is 0.233. The maximum Gasteiger partial charge on any atom is 0.137 e. The highest BCUT2D eigenvalue weighted by atomic mass is 79.9. The molecule has 2 nitrogen and oxygen atoms in total. The fourth-order valence-corrected chi connectivity index (χ4v) is 2.52. The molecule has 21 heavy (non-hydrogen) atoms. The summed E-state index contributed by atoms with van der Waals surface area (Å²) in [7, 11) is 0. The van der Waals surface area contributed by atoms with E-state index in [1.807, 2.05) is 30.3 Å². The lowest BCUT2D eigenvalue weighted by Crippen LogP contribution is -2.26. The summed E-state index contributed by atoms with van der Waals surface area (Å²) in [5.41, 5.74) is 1.09. The fraction of sp³-hybridized carbons (Fsp3) is 0.294. The zero-order valence-electron chi connectivity index (χ0n) is 11.6. The Morgan fingerprint density at radius 2 is 1.95 bits per heavy atom. The number of ether oxygens (including phenoxy) is 1. The Morgan fingerprint density at radius 3 is 2.67 bits per heavy atom. The number of hydrogen-bond acceptors (Lipinski definition) is 2. The van der Waals surface area contributed by atoms with E-state index in [0.29, 0.717) is 11.8 Å². The predicted octanol–water partition coefficient (Wildman–Crippen LogP) is 4.46. The number of hydrogen-bond donors (Lipinski definition) is 1. The average molecular weight is 350 g/mol. The molecule has 3 rings (SSSR count). The number of rotatable bonds is 6. The summed E-state index contributed by atoms with van der Waals surface area (Å²) in [6.45, 7) is 0.720. The average Bonchev–Trinajstić information content (AvgIpc) is 3.32. The van der Waals surface area contributed by atoms with Crippen molar-refractivity contribution in [1.82, 2.24) is 5.32 Å². The summed E-state index contributed by atoms with van der Waals surface area (Å²) in [6, 6.07) is 15.1. The van der Waals surface area contributed by atoms with Crippen molar-refractivity contribution in [1.29, 1.82) is 0 Å². The molecule has 0 saturated heterocycles. The van der Waals surface area contributed by atoms with Gasteiger partial charge in [0.2, 0.25) is 0 Å². The lowest BCUT2D eigenvalue weighted by Gasteiger charge is -2.21. The minimum Gasteiger partial charge on any atom is -0.483 e. The van der Waals surface area contributed by atoms with Crippen molar-refractivity contribution >= 4 is 15.9 Å². The summed E-state index contributed by atoms with van der Waals surface area (Å²) >= 11 is 3.41. The molecule has 1 saturated carbocycles. The molecule has 1 fully saturated rings. The number of halogens is 2. The van der Waals surface area contributed by atoms with Crippen LogP contribution in [0.2, 0.25) is 0 Å².